The minimum atomic E-state index is -0.849. The van der Waals surface area contributed by atoms with E-state index < -0.39 is 5.41 Å². The van der Waals surface area contributed by atoms with E-state index in [4.69, 9.17) is 10.5 Å². The first-order valence-corrected chi connectivity index (χ1v) is 7.74. The van der Waals surface area contributed by atoms with Crippen LogP contribution in [0.25, 0.3) is 11.4 Å². The first-order chi connectivity index (χ1) is 10.9. The van der Waals surface area contributed by atoms with Gasteiger partial charge in [-0.3, -0.25) is 4.79 Å². The van der Waals surface area contributed by atoms with Crippen LogP contribution in [0, 0.1) is 0 Å². The average molecular weight is 315 g/mol. The number of anilines is 1. The van der Waals surface area contributed by atoms with Gasteiger partial charge in [0.15, 0.2) is 0 Å². The zero-order valence-electron chi connectivity index (χ0n) is 13.8. The van der Waals surface area contributed by atoms with E-state index in [1.807, 2.05) is 11.5 Å². The Labute approximate surface area is 134 Å². The third kappa shape index (κ3) is 2.27. The highest BCUT2D eigenvalue weighted by Crippen LogP contribution is 2.43. The summed E-state index contributed by atoms with van der Waals surface area (Å²) in [6.45, 7) is 8.11. The van der Waals surface area contributed by atoms with Gasteiger partial charge in [0.1, 0.15) is 5.41 Å². The van der Waals surface area contributed by atoms with E-state index in [1.165, 1.54) is 0 Å². The van der Waals surface area contributed by atoms with Gasteiger partial charge >= 0.3 is 5.97 Å². The van der Waals surface area contributed by atoms with E-state index >= 15 is 0 Å². The summed E-state index contributed by atoms with van der Waals surface area (Å²) < 4.78 is 7.31. The molecule has 1 aliphatic rings. The predicted octanol–water partition coefficient (Wildman–Crippen LogP) is 1.88. The Kier molecular flexibility index (Phi) is 3.58. The number of hydrogen-bond acceptors (Lipinski definition) is 6. The fraction of sp³-hybridized carbons (Fsp3) is 0.500. The van der Waals surface area contributed by atoms with Crippen LogP contribution >= 0.6 is 0 Å². The lowest BCUT2D eigenvalue weighted by molar-refractivity contribution is -0.149. The minimum Gasteiger partial charge on any atom is -0.465 e. The summed E-state index contributed by atoms with van der Waals surface area (Å²) in [5.74, 6) is -0.0660. The van der Waals surface area contributed by atoms with E-state index in [0.29, 0.717) is 18.7 Å². The van der Waals surface area contributed by atoms with Crippen LogP contribution in [-0.2, 0) is 21.4 Å². The van der Waals surface area contributed by atoms with Gasteiger partial charge in [-0.05, 0) is 34.1 Å². The third-order valence-electron chi connectivity index (χ3n) is 4.25. The molecule has 0 aliphatic heterocycles. The molecule has 0 fully saturated rings. The highest BCUT2D eigenvalue weighted by molar-refractivity contribution is 5.87. The van der Waals surface area contributed by atoms with Gasteiger partial charge in [-0.2, -0.15) is 0 Å². The Morgan fingerprint density at radius 1 is 1.48 bits per heavy atom. The summed E-state index contributed by atoms with van der Waals surface area (Å²) in [7, 11) is 0. The Balaban J connectivity index is 2.26. The van der Waals surface area contributed by atoms with E-state index in [1.54, 1.807) is 19.4 Å². The summed E-state index contributed by atoms with van der Waals surface area (Å²) in [5.41, 5.74) is 8.06. The molecule has 23 heavy (non-hydrogen) atoms. The van der Waals surface area contributed by atoms with Crippen molar-refractivity contribution in [2.24, 2.45) is 0 Å². The lowest BCUT2D eigenvalue weighted by Crippen LogP contribution is -2.40. The molecule has 2 heterocycles. The molecule has 0 bridgehead atoms. The molecule has 0 saturated heterocycles. The van der Waals surface area contributed by atoms with Crippen LogP contribution in [-0.4, -0.2) is 32.1 Å². The van der Waals surface area contributed by atoms with Crippen LogP contribution in [0.2, 0.25) is 0 Å². The molecule has 0 spiro atoms. The highest BCUT2D eigenvalue weighted by atomic mass is 16.5. The van der Waals surface area contributed by atoms with Gasteiger partial charge < -0.3 is 15.0 Å². The van der Waals surface area contributed by atoms with Crippen LogP contribution < -0.4 is 5.73 Å². The van der Waals surface area contributed by atoms with Gasteiger partial charge in [-0.15, -0.1) is 0 Å². The molecule has 0 aromatic carbocycles. The summed E-state index contributed by atoms with van der Waals surface area (Å²) in [6.07, 6.45) is 3.89. The van der Waals surface area contributed by atoms with Crippen molar-refractivity contribution in [1.29, 1.82) is 0 Å². The number of nitrogens with two attached hydrogens (primary N) is 1. The number of hydrogen-bond donors (Lipinski definition) is 1. The average Bonchev–Trinajstić information content (AvgIpc) is 2.95. The van der Waals surface area contributed by atoms with E-state index in [9.17, 15) is 4.79 Å². The number of carbonyl (C=O) groups is 1. The van der Waals surface area contributed by atoms with Crippen LogP contribution in [0.5, 0.6) is 0 Å². The molecular weight excluding hydrogens is 294 g/mol. The highest BCUT2D eigenvalue weighted by Gasteiger charge is 2.46. The van der Waals surface area contributed by atoms with Crippen molar-refractivity contribution in [1.82, 2.24) is 19.5 Å². The molecule has 7 nitrogen and oxygen atoms in total. The number of aromatic nitrogens is 4. The number of nitrogen functional groups attached to an aromatic ring is 1. The molecule has 0 radical (unpaired) electrons. The molecule has 7 heteroatoms. The first kappa shape index (κ1) is 15.5. The normalized spacial score (nSPS) is 19.3. The van der Waals surface area contributed by atoms with E-state index in [2.05, 4.69) is 28.8 Å². The van der Waals surface area contributed by atoms with Crippen molar-refractivity contribution in [3.63, 3.8) is 0 Å². The van der Waals surface area contributed by atoms with Crippen molar-refractivity contribution in [2.45, 2.75) is 45.6 Å². The summed E-state index contributed by atoms with van der Waals surface area (Å²) >= 11 is 0. The van der Waals surface area contributed by atoms with Gasteiger partial charge in [0, 0.05) is 17.8 Å². The molecule has 1 aliphatic carbocycles. The van der Waals surface area contributed by atoms with Crippen LogP contribution in [0.1, 0.15) is 45.0 Å². The molecule has 0 amide bonds. The molecule has 1 atom stereocenters. The third-order valence-corrected chi connectivity index (χ3v) is 4.25. The van der Waals surface area contributed by atoms with Crippen molar-refractivity contribution >= 4 is 11.9 Å². The lowest BCUT2D eigenvalue weighted by atomic mass is 9.75. The smallest absolute Gasteiger partial charge is 0.318 e. The number of carbonyl (C=O) groups excluding carboxylic acids is 1. The summed E-state index contributed by atoms with van der Waals surface area (Å²) in [6, 6.07) is 0.180. The topological polar surface area (TPSA) is 95.9 Å². The number of ether oxygens (including phenoxy) is 1. The summed E-state index contributed by atoms with van der Waals surface area (Å²) in [5, 5.41) is 0. The SMILES string of the molecule is CCOC(=O)C1(C)Cc2cnc(N)nc2-c2c1ncn2C(C)C. The fourth-order valence-electron chi connectivity index (χ4n) is 3.07. The fourth-order valence-corrected chi connectivity index (χ4v) is 3.07. The van der Waals surface area contributed by atoms with Crippen molar-refractivity contribution in [3.8, 4) is 11.4 Å². The van der Waals surface area contributed by atoms with Crippen molar-refractivity contribution < 1.29 is 9.53 Å². The van der Waals surface area contributed by atoms with Gasteiger partial charge in [-0.25, -0.2) is 15.0 Å². The second-order valence-electron chi connectivity index (χ2n) is 6.27. The zero-order chi connectivity index (χ0) is 16.8. The van der Waals surface area contributed by atoms with Gasteiger partial charge in [0.25, 0.3) is 0 Å². The zero-order valence-corrected chi connectivity index (χ0v) is 13.8. The number of nitrogens with zero attached hydrogens (tertiary/aromatic N) is 4. The summed E-state index contributed by atoms with van der Waals surface area (Å²) in [4.78, 5) is 25.6. The molecule has 2 aromatic heterocycles. The second kappa shape index (κ2) is 5.33. The van der Waals surface area contributed by atoms with Crippen molar-refractivity contribution in [3.05, 3.63) is 23.8 Å². The largest absolute Gasteiger partial charge is 0.465 e. The standard InChI is InChI=1S/C16H21N5O2/c1-5-23-14(22)16(4)6-10-7-18-15(17)20-11(10)12-13(16)19-8-21(12)9(2)3/h7-9H,5-6H2,1-4H3,(H2,17,18,20). The first-order valence-electron chi connectivity index (χ1n) is 7.74. The molecule has 1 unspecified atom stereocenters. The Morgan fingerprint density at radius 3 is 2.87 bits per heavy atom. The second-order valence-corrected chi connectivity index (χ2v) is 6.27. The van der Waals surface area contributed by atoms with Crippen LogP contribution in [0.15, 0.2) is 12.5 Å². The quantitative estimate of drug-likeness (QED) is 0.869. The maximum Gasteiger partial charge on any atom is 0.318 e. The number of rotatable bonds is 3. The molecule has 122 valence electrons. The van der Waals surface area contributed by atoms with Crippen LogP contribution in [0.3, 0.4) is 0 Å². The van der Waals surface area contributed by atoms with E-state index in [-0.39, 0.29) is 18.0 Å². The lowest BCUT2D eigenvalue weighted by Gasteiger charge is -2.32. The number of esters is 1. The maximum atomic E-state index is 12.6. The Bertz CT molecular complexity index is 768. The Morgan fingerprint density at radius 2 is 2.22 bits per heavy atom. The molecule has 0 saturated carbocycles. The molecular formula is C16H21N5O2. The number of fused-ring (bicyclic) bond motifs is 3. The van der Waals surface area contributed by atoms with Gasteiger partial charge in [0.05, 0.1) is 30.0 Å². The maximum absolute atomic E-state index is 12.6. The number of imidazole rings is 1. The van der Waals surface area contributed by atoms with E-state index in [0.717, 1.165) is 17.0 Å². The predicted molar refractivity (Wildman–Crippen MR) is 85.7 cm³/mol. The molecule has 2 aromatic rings. The molecule has 3 rings (SSSR count). The van der Waals surface area contributed by atoms with Crippen LogP contribution in [0.4, 0.5) is 5.95 Å². The minimum absolute atomic E-state index is 0.180. The van der Waals surface area contributed by atoms with Gasteiger partial charge in [0.2, 0.25) is 5.95 Å². The van der Waals surface area contributed by atoms with Gasteiger partial charge in [-0.1, -0.05) is 0 Å². The van der Waals surface area contributed by atoms with Crippen molar-refractivity contribution in [2.75, 3.05) is 12.3 Å². The monoisotopic (exact) mass is 315 g/mol. The Hall–Kier alpha value is -2.44. The molecule has 2 N–H and O–H groups in total.